The SMILES string of the molecule is COC(=O)c1ccccc1NCC(=O)NCCOc1ccccc1. The Morgan fingerprint density at radius 2 is 1.71 bits per heavy atom. The van der Waals surface area contributed by atoms with Gasteiger partial charge in [-0.1, -0.05) is 30.3 Å². The maximum atomic E-state index is 11.8. The van der Waals surface area contributed by atoms with E-state index in [-0.39, 0.29) is 12.5 Å². The number of amides is 1. The van der Waals surface area contributed by atoms with Crippen molar-refractivity contribution < 1.29 is 19.1 Å². The second kappa shape index (κ2) is 9.19. The van der Waals surface area contributed by atoms with Crippen molar-refractivity contribution in [3.05, 3.63) is 60.2 Å². The van der Waals surface area contributed by atoms with Crippen LogP contribution >= 0.6 is 0 Å². The number of para-hydroxylation sites is 2. The van der Waals surface area contributed by atoms with E-state index in [1.165, 1.54) is 7.11 Å². The van der Waals surface area contributed by atoms with Crippen LogP contribution < -0.4 is 15.4 Å². The molecule has 1 amide bonds. The molecule has 0 aliphatic rings. The molecule has 0 aliphatic heterocycles. The zero-order valence-corrected chi connectivity index (χ0v) is 13.5. The second-order valence-corrected chi connectivity index (χ2v) is 4.90. The first-order valence-corrected chi connectivity index (χ1v) is 7.56. The third-order valence-electron chi connectivity index (χ3n) is 3.21. The standard InChI is InChI=1S/C18H20N2O4/c1-23-18(22)15-9-5-6-10-16(15)20-13-17(21)19-11-12-24-14-7-3-2-4-8-14/h2-10,20H,11-13H2,1H3,(H,19,21). The summed E-state index contributed by atoms with van der Waals surface area (Å²) < 4.78 is 10.2. The normalized spacial score (nSPS) is 9.88. The molecule has 6 heteroatoms. The molecule has 2 N–H and O–H groups in total. The molecule has 0 saturated heterocycles. The highest BCUT2D eigenvalue weighted by atomic mass is 16.5. The van der Waals surface area contributed by atoms with Crippen LogP contribution in [0, 0.1) is 0 Å². The molecule has 0 radical (unpaired) electrons. The van der Waals surface area contributed by atoms with Gasteiger partial charge in [-0.25, -0.2) is 4.79 Å². The summed E-state index contributed by atoms with van der Waals surface area (Å²) in [5, 5.41) is 5.68. The van der Waals surface area contributed by atoms with Gasteiger partial charge in [-0.15, -0.1) is 0 Å². The second-order valence-electron chi connectivity index (χ2n) is 4.90. The van der Waals surface area contributed by atoms with Crippen LogP contribution in [0.2, 0.25) is 0 Å². The molecule has 2 aromatic carbocycles. The molecule has 2 aromatic rings. The van der Waals surface area contributed by atoms with Crippen molar-refractivity contribution in [2.45, 2.75) is 0 Å². The van der Waals surface area contributed by atoms with E-state index < -0.39 is 5.97 Å². The summed E-state index contributed by atoms with van der Waals surface area (Å²) >= 11 is 0. The maximum absolute atomic E-state index is 11.8. The molecule has 2 rings (SSSR count). The van der Waals surface area contributed by atoms with Gasteiger partial charge in [0.2, 0.25) is 5.91 Å². The number of nitrogens with one attached hydrogen (secondary N) is 2. The minimum atomic E-state index is -0.449. The predicted molar refractivity (Wildman–Crippen MR) is 91.2 cm³/mol. The number of ether oxygens (including phenoxy) is 2. The highest BCUT2D eigenvalue weighted by Gasteiger charge is 2.11. The van der Waals surface area contributed by atoms with Crippen LogP contribution in [-0.4, -0.2) is 38.7 Å². The summed E-state index contributed by atoms with van der Waals surface area (Å²) in [5.74, 6) is 0.123. The summed E-state index contributed by atoms with van der Waals surface area (Å²) in [6.45, 7) is 0.835. The van der Waals surface area contributed by atoms with Crippen LogP contribution in [0.25, 0.3) is 0 Å². The number of hydrogen-bond acceptors (Lipinski definition) is 5. The first-order chi connectivity index (χ1) is 11.7. The molecule has 0 heterocycles. The zero-order chi connectivity index (χ0) is 17.2. The zero-order valence-electron chi connectivity index (χ0n) is 13.5. The van der Waals surface area contributed by atoms with Crippen LogP contribution in [0.5, 0.6) is 5.75 Å². The summed E-state index contributed by atoms with van der Waals surface area (Å²) in [5.41, 5.74) is 0.945. The minimum absolute atomic E-state index is 0.0549. The van der Waals surface area contributed by atoms with Gasteiger partial charge >= 0.3 is 5.97 Å². The van der Waals surface area contributed by atoms with Crippen LogP contribution in [0.3, 0.4) is 0 Å². The lowest BCUT2D eigenvalue weighted by atomic mass is 10.2. The van der Waals surface area contributed by atoms with Crippen LogP contribution in [-0.2, 0) is 9.53 Å². The van der Waals surface area contributed by atoms with Crippen molar-refractivity contribution in [1.82, 2.24) is 5.32 Å². The first kappa shape index (κ1) is 17.3. The highest BCUT2D eigenvalue weighted by molar-refractivity contribution is 5.96. The molecule has 6 nitrogen and oxygen atoms in total. The summed E-state index contributed by atoms with van der Waals surface area (Å²) in [4.78, 5) is 23.5. The predicted octanol–water partition coefficient (Wildman–Crippen LogP) is 2.08. The Morgan fingerprint density at radius 1 is 1.00 bits per heavy atom. The van der Waals surface area contributed by atoms with Crippen molar-refractivity contribution in [3.63, 3.8) is 0 Å². The number of rotatable bonds is 8. The summed E-state index contributed by atoms with van der Waals surface area (Å²) in [6.07, 6.45) is 0. The van der Waals surface area contributed by atoms with Crippen molar-refractivity contribution in [1.29, 1.82) is 0 Å². The lowest BCUT2D eigenvalue weighted by Crippen LogP contribution is -2.33. The summed E-state index contributed by atoms with van der Waals surface area (Å²) in [7, 11) is 1.32. The lowest BCUT2D eigenvalue weighted by molar-refractivity contribution is -0.119. The van der Waals surface area contributed by atoms with Gasteiger partial charge in [0.25, 0.3) is 0 Å². The Hall–Kier alpha value is -3.02. The molecule has 0 atom stereocenters. The fraction of sp³-hybridized carbons (Fsp3) is 0.222. The highest BCUT2D eigenvalue weighted by Crippen LogP contribution is 2.15. The molecule has 0 unspecified atom stereocenters. The van der Waals surface area contributed by atoms with Gasteiger partial charge in [-0.05, 0) is 24.3 Å². The number of anilines is 1. The topological polar surface area (TPSA) is 76.7 Å². The van der Waals surface area contributed by atoms with Gasteiger partial charge in [0, 0.05) is 5.69 Å². The number of benzene rings is 2. The largest absolute Gasteiger partial charge is 0.492 e. The van der Waals surface area contributed by atoms with Gasteiger partial charge < -0.3 is 20.1 Å². The molecule has 0 spiro atoms. The van der Waals surface area contributed by atoms with Crippen molar-refractivity contribution in [2.24, 2.45) is 0 Å². The number of carbonyl (C=O) groups excluding carboxylic acids is 2. The molecule has 0 fully saturated rings. The molecule has 24 heavy (non-hydrogen) atoms. The number of methoxy groups -OCH3 is 1. The Kier molecular flexibility index (Phi) is 6.64. The average Bonchev–Trinajstić information content (AvgIpc) is 2.64. The van der Waals surface area contributed by atoms with E-state index >= 15 is 0 Å². The van der Waals surface area contributed by atoms with Gasteiger partial charge in [0.15, 0.2) is 0 Å². The Bertz CT molecular complexity index is 674. The molecule has 0 aliphatic carbocycles. The third kappa shape index (κ3) is 5.31. The van der Waals surface area contributed by atoms with Crippen molar-refractivity contribution >= 4 is 17.6 Å². The molecule has 0 bridgehead atoms. The van der Waals surface area contributed by atoms with E-state index in [1.54, 1.807) is 24.3 Å². The van der Waals surface area contributed by atoms with Gasteiger partial charge in [-0.2, -0.15) is 0 Å². The van der Waals surface area contributed by atoms with Gasteiger partial charge in [0.05, 0.1) is 25.8 Å². The smallest absolute Gasteiger partial charge is 0.339 e. The van der Waals surface area contributed by atoms with E-state index in [1.807, 2.05) is 30.3 Å². The van der Waals surface area contributed by atoms with Crippen molar-refractivity contribution in [3.8, 4) is 5.75 Å². The monoisotopic (exact) mass is 328 g/mol. The van der Waals surface area contributed by atoms with E-state index in [0.717, 1.165) is 5.75 Å². The third-order valence-corrected chi connectivity index (χ3v) is 3.21. The summed E-state index contributed by atoms with van der Waals surface area (Å²) in [6, 6.07) is 16.3. The lowest BCUT2D eigenvalue weighted by Gasteiger charge is -2.11. The van der Waals surface area contributed by atoms with E-state index in [4.69, 9.17) is 9.47 Å². The molecular weight excluding hydrogens is 308 g/mol. The fourth-order valence-electron chi connectivity index (χ4n) is 2.04. The number of carbonyl (C=O) groups is 2. The molecule has 0 aromatic heterocycles. The van der Waals surface area contributed by atoms with Gasteiger partial charge in [-0.3, -0.25) is 4.79 Å². The molecular formula is C18H20N2O4. The van der Waals surface area contributed by atoms with Crippen LogP contribution in [0.15, 0.2) is 54.6 Å². The minimum Gasteiger partial charge on any atom is -0.492 e. The Morgan fingerprint density at radius 3 is 2.46 bits per heavy atom. The van der Waals surface area contributed by atoms with E-state index in [9.17, 15) is 9.59 Å². The number of esters is 1. The maximum Gasteiger partial charge on any atom is 0.339 e. The van der Waals surface area contributed by atoms with E-state index in [0.29, 0.717) is 24.4 Å². The molecule has 126 valence electrons. The quantitative estimate of drug-likeness (QED) is 0.573. The number of hydrogen-bond donors (Lipinski definition) is 2. The Labute approximate surface area is 140 Å². The first-order valence-electron chi connectivity index (χ1n) is 7.56. The molecule has 0 saturated carbocycles. The average molecular weight is 328 g/mol. The Balaban J connectivity index is 1.73. The van der Waals surface area contributed by atoms with Crippen molar-refractivity contribution in [2.75, 3.05) is 32.1 Å². The van der Waals surface area contributed by atoms with E-state index in [2.05, 4.69) is 10.6 Å². The van der Waals surface area contributed by atoms with Crippen LogP contribution in [0.1, 0.15) is 10.4 Å². The van der Waals surface area contributed by atoms with Crippen LogP contribution in [0.4, 0.5) is 5.69 Å². The fourth-order valence-corrected chi connectivity index (χ4v) is 2.04. The van der Waals surface area contributed by atoms with Gasteiger partial charge in [0.1, 0.15) is 12.4 Å².